The summed E-state index contributed by atoms with van der Waals surface area (Å²) < 4.78 is 0. The van der Waals surface area contributed by atoms with E-state index in [1.54, 1.807) is 0 Å². The monoisotopic (exact) mass is 251 g/mol. The lowest BCUT2D eigenvalue weighted by Crippen LogP contribution is -2.12. The van der Waals surface area contributed by atoms with Crippen LogP contribution in [0.5, 0.6) is 0 Å². The zero-order chi connectivity index (χ0) is 13.1. The summed E-state index contributed by atoms with van der Waals surface area (Å²) in [6.07, 6.45) is 18.1. The smallest absolute Gasteiger partial charge is 0.0470 e. The Morgan fingerprint density at radius 1 is 0.944 bits per heavy atom. The Bertz CT molecular complexity index is 220. The molecular formula is C17H33N. The molecule has 0 bridgehead atoms. The average Bonchev–Trinajstić information content (AvgIpc) is 2.37. The lowest BCUT2D eigenvalue weighted by Gasteiger charge is -2.16. The van der Waals surface area contributed by atoms with Crippen LogP contribution in [0.4, 0.5) is 0 Å². The first-order chi connectivity index (χ1) is 8.83. The van der Waals surface area contributed by atoms with Crippen LogP contribution < -0.4 is 0 Å². The predicted molar refractivity (Wildman–Crippen MR) is 82.6 cm³/mol. The average molecular weight is 251 g/mol. The molecule has 18 heavy (non-hydrogen) atoms. The zero-order valence-corrected chi connectivity index (χ0v) is 12.7. The quantitative estimate of drug-likeness (QED) is 0.427. The fourth-order valence-electron chi connectivity index (χ4n) is 2.87. The topological polar surface area (TPSA) is 12.4 Å². The van der Waals surface area contributed by atoms with Crippen molar-refractivity contribution in [2.75, 3.05) is 0 Å². The fraction of sp³-hybridized carbons (Fsp3) is 0.941. The molecule has 0 saturated heterocycles. The molecule has 0 radical (unpaired) electrons. The van der Waals surface area contributed by atoms with Gasteiger partial charge in [0.05, 0.1) is 0 Å². The van der Waals surface area contributed by atoms with E-state index in [0.29, 0.717) is 6.04 Å². The number of hydrogen-bond donors (Lipinski definition) is 0. The minimum absolute atomic E-state index is 0.604. The molecule has 106 valence electrons. The first-order valence-corrected chi connectivity index (χ1v) is 8.38. The molecule has 0 amide bonds. The SMILES string of the molecule is CCCCCCCCCCCC1=NC(C)CCC1. The molecule has 0 aromatic heterocycles. The van der Waals surface area contributed by atoms with E-state index in [1.165, 1.54) is 89.2 Å². The number of aliphatic imine (C=N–C) groups is 1. The van der Waals surface area contributed by atoms with Crippen molar-refractivity contribution in [2.24, 2.45) is 4.99 Å². The third-order valence-corrected chi connectivity index (χ3v) is 4.06. The standard InChI is InChI=1S/C17H33N/c1-3-4-5-6-7-8-9-10-11-14-17-15-12-13-16(2)18-17/h16H,3-15H2,1-2H3. The van der Waals surface area contributed by atoms with Gasteiger partial charge in [0, 0.05) is 11.8 Å². The highest BCUT2D eigenvalue weighted by Gasteiger charge is 2.09. The first kappa shape index (κ1) is 15.7. The molecular weight excluding hydrogens is 218 g/mol. The Morgan fingerprint density at radius 3 is 2.17 bits per heavy atom. The van der Waals surface area contributed by atoms with Crippen molar-refractivity contribution >= 4 is 5.71 Å². The largest absolute Gasteiger partial charge is 0.291 e. The van der Waals surface area contributed by atoms with Gasteiger partial charge < -0.3 is 0 Å². The summed E-state index contributed by atoms with van der Waals surface area (Å²) in [4.78, 5) is 4.77. The van der Waals surface area contributed by atoms with Gasteiger partial charge in [0.15, 0.2) is 0 Å². The van der Waals surface area contributed by atoms with Crippen LogP contribution in [0.15, 0.2) is 4.99 Å². The molecule has 0 aromatic rings. The van der Waals surface area contributed by atoms with E-state index in [1.807, 2.05) is 0 Å². The van der Waals surface area contributed by atoms with Crippen LogP contribution in [0.2, 0.25) is 0 Å². The van der Waals surface area contributed by atoms with Crippen LogP contribution in [-0.2, 0) is 0 Å². The molecule has 0 N–H and O–H groups in total. The number of rotatable bonds is 10. The molecule has 1 atom stereocenters. The highest BCUT2D eigenvalue weighted by Crippen LogP contribution is 2.17. The zero-order valence-electron chi connectivity index (χ0n) is 12.7. The summed E-state index contributed by atoms with van der Waals surface area (Å²) in [6, 6.07) is 0.604. The van der Waals surface area contributed by atoms with Crippen LogP contribution in [0.3, 0.4) is 0 Å². The summed E-state index contributed by atoms with van der Waals surface area (Å²) in [5, 5.41) is 0. The van der Waals surface area contributed by atoms with Crippen LogP contribution in [0.25, 0.3) is 0 Å². The Balaban J connectivity index is 1.86. The van der Waals surface area contributed by atoms with Gasteiger partial charge >= 0.3 is 0 Å². The van der Waals surface area contributed by atoms with Gasteiger partial charge in [-0.1, -0.05) is 58.3 Å². The Morgan fingerprint density at radius 2 is 1.56 bits per heavy atom. The second-order valence-electron chi connectivity index (χ2n) is 6.02. The van der Waals surface area contributed by atoms with Crippen LogP contribution in [0.1, 0.15) is 97.3 Å². The predicted octanol–water partition coefficient (Wildman–Crippen LogP) is 5.92. The van der Waals surface area contributed by atoms with Crippen LogP contribution >= 0.6 is 0 Å². The Hall–Kier alpha value is -0.330. The van der Waals surface area contributed by atoms with E-state index in [2.05, 4.69) is 13.8 Å². The van der Waals surface area contributed by atoms with Gasteiger partial charge in [-0.2, -0.15) is 0 Å². The highest BCUT2D eigenvalue weighted by molar-refractivity contribution is 5.85. The normalized spacial score (nSPS) is 19.9. The van der Waals surface area contributed by atoms with Crippen molar-refractivity contribution in [2.45, 2.75) is 103 Å². The molecule has 1 unspecified atom stereocenters. The molecule has 0 fully saturated rings. The van der Waals surface area contributed by atoms with Gasteiger partial charge in [-0.15, -0.1) is 0 Å². The minimum atomic E-state index is 0.604. The van der Waals surface area contributed by atoms with Crippen molar-refractivity contribution in [1.29, 1.82) is 0 Å². The van der Waals surface area contributed by atoms with Crippen molar-refractivity contribution in [1.82, 2.24) is 0 Å². The number of unbranched alkanes of at least 4 members (excludes halogenated alkanes) is 8. The summed E-state index contributed by atoms with van der Waals surface area (Å²) in [7, 11) is 0. The molecule has 1 rings (SSSR count). The van der Waals surface area contributed by atoms with E-state index >= 15 is 0 Å². The van der Waals surface area contributed by atoms with Gasteiger partial charge in [-0.3, -0.25) is 4.99 Å². The second kappa shape index (κ2) is 10.6. The third-order valence-electron chi connectivity index (χ3n) is 4.06. The summed E-state index contributed by atoms with van der Waals surface area (Å²) in [5.41, 5.74) is 1.51. The summed E-state index contributed by atoms with van der Waals surface area (Å²) in [5.74, 6) is 0. The molecule has 0 spiro atoms. The maximum absolute atomic E-state index is 4.77. The molecule has 1 heterocycles. The Kier molecular flexibility index (Phi) is 9.24. The van der Waals surface area contributed by atoms with Crippen molar-refractivity contribution in [3.05, 3.63) is 0 Å². The number of hydrogen-bond acceptors (Lipinski definition) is 1. The van der Waals surface area contributed by atoms with E-state index in [0.717, 1.165) is 0 Å². The third kappa shape index (κ3) is 7.89. The maximum Gasteiger partial charge on any atom is 0.0470 e. The van der Waals surface area contributed by atoms with E-state index < -0.39 is 0 Å². The van der Waals surface area contributed by atoms with Crippen molar-refractivity contribution < 1.29 is 0 Å². The lowest BCUT2D eigenvalue weighted by atomic mass is 9.99. The number of nitrogens with zero attached hydrogens (tertiary/aromatic N) is 1. The molecule has 1 aliphatic rings. The molecule has 1 heteroatoms. The van der Waals surface area contributed by atoms with E-state index in [9.17, 15) is 0 Å². The lowest BCUT2D eigenvalue weighted by molar-refractivity contribution is 0.562. The highest BCUT2D eigenvalue weighted by atomic mass is 14.8. The maximum atomic E-state index is 4.77. The van der Waals surface area contributed by atoms with Gasteiger partial charge in [0.25, 0.3) is 0 Å². The second-order valence-corrected chi connectivity index (χ2v) is 6.02. The Labute approximate surface area is 114 Å². The first-order valence-electron chi connectivity index (χ1n) is 8.38. The van der Waals surface area contributed by atoms with Gasteiger partial charge in [-0.05, 0) is 39.0 Å². The van der Waals surface area contributed by atoms with Crippen molar-refractivity contribution in [3.8, 4) is 0 Å². The van der Waals surface area contributed by atoms with Gasteiger partial charge in [-0.25, -0.2) is 0 Å². The van der Waals surface area contributed by atoms with E-state index in [-0.39, 0.29) is 0 Å². The minimum Gasteiger partial charge on any atom is -0.291 e. The summed E-state index contributed by atoms with van der Waals surface area (Å²) >= 11 is 0. The van der Waals surface area contributed by atoms with E-state index in [4.69, 9.17) is 4.99 Å². The molecule has 0 saturated carbocycles. The fourth-order valence-corrected chi connectivity index (χ4v) is 2.87. The van der Waals surface area contributed by atoms with Crippen LogP contribution in [0, 0.1) is 0 Å². The molecule has 0 aliphatic carbocycles. The van der Waals surface area contributed by atoms with Gasteiger partial charge in [0.2, 0.25) is 0 Å². The summed E-state index contributed by atoms with van der Waals surface area (Å²) in [6.45, 7) is 4.55. The molecule has 1 aliphatic heterocycles. The van der Waals surface area contributed by atoms with Crippen LogP contribution in [-0.4, -0.2) is 11.8 Å². The molecule has 1 nitrogen and oxygen atoms in total. The molecule has 0 aromatic carbocycles. The van der Waals surface area contributed by atoms with Crippen molar-refractivity contribution in [3.63, 3.8) is 0 Å². The van der Waals surface area contributed by atoms with Gasteiger partial charge in [0.1, 0.15) is 0 Å².